The molecule has 1 rings (SSSR count). The Labute approximate surface area is 109 Å². The van der Waals surface area contributed by atoms with Crippen LogP contribution < -0.4 is 15.4 Å². The number of benzene rings is 1. The van der Waals surface area contributed by atoms with Crippen molar-refractivity contribution in [2.24, 2.45) is 0 Å². The molecular formula is C14H22N2O2. The molecule has 0 saturated heterocycles. The van der Waals surface area contributed by atoms with Gasteiger partial charge in [0.2, 0.25) is 0 Å². The zero-order chi connectivity index (χ0) is 13.4. The molecule has 1 aromatic carbocycles. The van der Waals surface area contributed by atoms with Crippen molar-refractivity contribution >= 4 is 11.7 Å². The Hall–Kier alpha value is -1.71. The van der Waals surface area contributed by atoms with Crippen LogP contribution in [-0.2, 0) is 0 Å². The number of ether oxygens (including phenoxy) is 1. The lowest BCUT2D eigenvalue weighted by atomic mass is 10.2. The first-order valence-corrected chi connectivity index (χ1v) is 6.46. The van der Waals surface area contributed by atoms with Gasteiger partial charge in [0, 0.05) is 17.8 Å². The highest BCUT2D eigenvalue weighted by Gasteiger charge is 2.05. The van der Waals surface area contributed by atoms with Gasteiger partial charge in [-0.3, -0.25) is 0 Å². The predicted octanol–water partition coefficient (Wildman–Crippen LogP) is 3.40. The molecule has 0 aliphatic rings. The molecule has 0 aromatic heterocycles. The van der Waals surface area contributed by atoms with E-state index in [4.69, 9.17) is 4.74 Å². The second-order valence-electron chi connectivity index (χ2n) is 4.28. The molecule has 0 aliphatic heterocycles. The number of amides is 2. The first kappa shape index (κ1) is 14.4. The summed E-state index contributed by atoms with van der Waals surface area (Å²) in [6, 6.07) is 7.40. The summed E-state index contributed by atoms with van der Waals surface area (Å²) in [6.07, 6.45) is 1.87. The van der Waals surface area contributed by atoms with Crippen LogP contribution in [0, 0.1) is 0 Å². The Balaban J connectivity index is 2.53. The number of rotatable bonds is 6. The lowest BCUT2D eigenvalue weighted by molar-refractivity contribution is 0.249. The fourth-order valence-corrected chi connectivity index (χ4v) is 1.38. The molecule has 0 aliphatic carbocycles. The molecule has 0 fully saturated rings. The smallest absolute Gasteiger partial charge is 0.319 e. The van der Waals surface area contributed by atoms with E-state index in [0.717, 1.165) is 24.3 Å². The summed E-state index contributed by atoms with van der Waals surface area (Å²) in [5, 5.41) is 5.64. The van der Waals surface area contributed by atoms with Crippen molar-refractivity contribution in [3.8, 4) is 5.75 Å². The van der Waals surface area contributed by atoms with E-state index in [1.165, 1.54) is 0 Å². The summed E-state index contributed by atoms with van der Waals surface area (Å²) < 4.78 is 5.51. The Kier molecular flexibility index (Phi) is 6.05. The van der Waals surface area contributed by atoms with Crippen LogP contribution in [0.25, 0.3) is 0 Å². The SMILES string of the molecule is CCCOc1cccc(NC(=O)NC(C)CC)c1. The molecule has 2 amide bonds. The minimum absolute atomic E-state index is 0.171. The second kappa shape index (κ2) is 7.58. The molecule has 0 radical (unpaired) electrons. The average molecular weight is 250 g/mol. The summed E-state index contributed by atoms with van der Waals surface area (Å²) in [6.45, 7) is 6.74. The van der Waals surface area contributed by atoms with E-state index < -0.39 is 0 Å². The van der Waals surface area contributed by atoms with E-state index in [1.807, 2.05) is 38.1 Å². The van der Waals surface area contributed by atoms with Crippen molar-refractivity contribution in [2.75, 3.05) is 11.9 Å². The van der Waals surface area contributed by atoms with Gasteiger partial charge in [0.05, 0.1) is 6.61 Å². The number of anilines is 1. The molecule has 0 heterocycles. The van der Waals surface area contributed by atoms with Gasteiger partial charge in [-0.15, -0.1) is 0 Å². The third-order valence-electron chi connectivity index (χ3n) is 2.55. The Bertz CT molecular complexity index is 380. The second-order valence-corrected chi connectivity index (χ2v) is 4.28. The van der Waals surface area contributed by atoms with Crippen LogP contribution in [-0.4, -0.2) is 18.7 Å². The highest BCUT2D eigenvalue weighted by molar-refractivity contribution is 5.89. The number of hydrogen-bond acceptors (Lipinski definition) is 2. The van der Waals surface area contributed by atoms with E-state index in [1.54, 1.807) is 0 Å². The van der Waals surface area contributed by atoms with Crippen molar-refractivity contribution in [3.63, 3.8) is 0 Å². The maximum absolute atomic E-state index is 11.6. The normalized spacial score (nSPS) is 11.7. The lowest BCUT2D eigenvalue weighted by Crippen LogP contribution is -2.35. The van der Waals surface area contributed by atoms with Gasteiger partial charge in [0.15, 0.2) is 0 Å². The van der Waals surface area contributed by atoms with E-state index in [0.29, 0.717) is 6.61 Å². The Morgan fingerprint density at radius 3 is 2.83 bits per heavy atom. The van der Waals surface area contributed by atoms with E-state index in [-0.39, 0.29) is 12.1 Å². The van der Waals surface area contributed by atoms with E-state index in [9.17, 15) is 4.79 Å². The van der Waals surface area contributed by atoms with Gasteiger partial charge >= 0.3 is 6.03 Å². The van der Waals surface area contributed by atoms with Crippen LogP contribution in [0.3, 0.4) is 0 Å². The fourth-order valence-electron chi connectivity index (χ4n) is 1.38. The van der Waals surface area contributed by atoms with Crippen molar-refractivity contribution in [2.45, 2.75) is 39.7 Å². The van der Waals surface area contributed by atoms with E-state index in [2.05, 4.69) is 17.6 Å². The van der Waals surface area contributed by atoms with Gasteiger partial charge < -0.3 is 15.4 Å². The molecule has 2 N–H and O–H groups in total. The van der Waals surface area contributed by atoms with Crippen molar-refractivity contribution < 1.29 is 9.53 Å². The van der Waals surface area contributed by atoms with Crippen molar-refractivity contribution in [1.29, 1.82) is 0 Å². The zero-order valence-electron chi connectivity index (χ0n) is 11.3. The summed E-state index contributed by atoms with van der Waals surface area (Å²) in [5.74, 6) is 0.776. The molecule has 1 atom stereocenters. The van der Waals surface area contributed by atoms with Gasteiger partial charge in [0.25, 0.3) is 0 Å². The first-order valence-electron chi connectivity index (χ1n) is 6.46. The maximum Gasteiger partial charge on any atom is 0.319 e. The largest absolute Gasteiger partial charge is 0.494 e. The number of carbonyl (C=O) groups is 1. The van der Waals surface area contributed by atoms with Gasteiger partial charge in [-0.2, -0.15) is 0 Å². The average Bonchev–Trinajstić information content (AvgIpc) is 2.36. The predicted molar refractivity (Wildman–Crippen MR) is 74.1 cm³/mol. The summed E-state index contributed by atoms with van der Waals surface area (Å²) in [7, 11) is 0. The quantitative estimate of drug-likeness (QED) is 0.813. The third kappa shape index (κ3) is 5.08. The third-order valence-corrected chi connectivity index (χ3v) is 2.55. The first-order chi connectivity index (χ1) is 8.65. The summed E-state index contributed by atoms with van der Waals surface area (Å²) >= 11 is 0. The molecular weight excluding hydrogens is 228 g/mol. The lowest BCUT2D eigenvalue weighted by Gasteiger charge is -2.13. The maximum atomic E-state index is 11.6. The molecule has 1 unspecified atom stereocenters. The minimum Gasteiger partial charge on any atom is -0.494 e. The van der Waals surface area contributed by atoms with Crippen molar-refractivity contribution in [1.82, 2.24) is 5.32 Å². The van der Waals surface area contributed by atoms with Gasteiger partial charge in [-0.05, 0) is 31.9 Å². The van der Waals surface area contributed by atoms with Crippen LogP contribution in [0.1, 0.15) is 33.6 Å². The van der Waals surface area contributed by atoms with Crippen LogP contribution in [0.15, 0.2) is 24.3 Å². The Morgan fingerprint density at radius 1 is 1.39 bits per heavy atom. The highest BCUT2D eigenvalue weighted by Crippen LogP contribution is 2.17. The highest BCUT2D eigenvalue weighted by atomic mass is 16.5. The number of nitrogens with one attached hydrogen (secondary N) is 2. The standard InChI is InChI=1S/C14H22N2O2/c1-4-9-18-13-8-6-7-12(10-13)16-14(17)15-11(3)5-2/h6-8,10-11H,4-5,9H2,1-3H3,(H2,15,16,17). The van der Waals surface area contributed by atoms with Gasteiger partial charge in [0.1, 0.15) is 5.75 Å². The van der Waals surface area contributed by atoms with Crippen LogP contribution in [0.4, 0.5) is 10.5 Å². The monoisotopic (exact) mass is 250 g/mol. The van der Waals surface area contributed by atoms with Crippen LogP contribution >= 0.6 is 0 Å². The molecule has 0 bridgehead atoms. The zero-order valence-corrected chi connectivity index (χ0v) is 11.3. The molecule has 0 spiro atoms. The minimum atomic E-state index is -0.183. The van der Waals surface area contributed by atoms with Gasteiger partial charge in [-0.25, -0.2) is 4.79 Å². The molecule has 0 saturated carbocycles. The molecule has 4 heteroatoms. The summed E-state index contributed by atoms with van der Waals surface area (Å²) in [4.78, 5) is 11.6. The summed E-state index contributed by atoms with van der Waals surface area (Å²) in [5.41, 5.74) is 0.740. The Morgan fingerprint density at radius 2 is 2.17 bits per heavy atom. The van der Waals surface area contributed by atoms with Crippen molar-refractivity contribution in [3.05, 3.63) is 24.3 Å². The van der Waals surface area contributed by atoms with E-state index >= 15 is 0 Å². The van der Waals surface area contributed by atoms with Crippen LogP contribution in [0.5, 0.6) is 5.75 Å². The molecule has 100 valence electrons. The van der Waals surface area contributed by atoms with Crippen LogP contribution in [0.2, 0.25) is 0 Å². The molecule has 4 nitrogen and oxygen atoms in total. The number of carbonyl (C=O) groups excluding carboxylic acids is 1. The molecule has 1 aromatic rings. The van der Waals surface area contributed by atoms with Gasteiger partial charge in [-0.1, -0.05) is 19.9 Å². The molecule has 18 heavy (non-hydrogen) atoms. The topological polar surface area (TPSA) is 50.4 Å². The number of urea groups is 1. The fraction of sp³-hybridized carbons (Fsp3) is 0.500. The number of hydrogen-bond donors (Lipinski definition) is 2.